The number of hydrogen-bond acceptors (Lipinski definition) is 1. The Morgan fingerprint density at radius 1 is 1.05 bits per heavy atom. The third-order valence-corrected chi connectivity index (χ3v) is 4.70. The monoisotopic (exact) mass is 283 g/mol. The van der Waals surface area contributed by atoms with E-state index in [9.17, 15) is 4.39 Å². The molecule has 0 spiro atoms. The summed E-state index contributed by atoms with van der Waals surface area (Å²) in [5.41, 5.74) is 8.84. The summed E-state index contributed by atoms with van der Waals surface area (Å²) in [4.78, 5) is 0. The molecule has 1 fully saturated rings. The van der Waals surface area contributed by atoms with Crippen LogP contribution in [0.15, 0.2) is 54.6 Å². The van der Waals surface area contributed by atoms with Crippen molar-refractivity contribution in [3.05, 3.63) is 71.5 Å². The minimum Gasteiger partial charge on any atom is -0.324 e. The van der Waals surface area contributed by atoms with Gasteiger partial charge in [-0.3, -0.25) is 0 Å². The average Bonchev–Trinajstić information content (AvgIpc) is 2.48. The lowest BCUT2D eigenvalue weighted by Crippen LogP contribution is -2.49. The molecule has 0 bridgehead atoms. The molecule has 0 saturated heterocycles. The van der Waals surface area contributed by atoms with Gasteiger partial charge in [0.1, 0.15) is 5.82 Å². The highest BCUT2D eigenvalue weighted by Crippen LogP contribution is 2.41. The summed E-state index contributed by atoms with van der Waals surface area (Å²) in [7, 11) is 0. The summed E-state index contributed by atoms with van der Waals surface area (Å²) in [6.45, 7) is 0. The van der Waals surface area contributed by atoms with Crippen molar-refractivity contribution in [1.82, 2.24) is 0 Å². The Morgan fingerprint density at radius 2 is 1.86 bits per heavy atom. The minimum atomic E-state index is -0.270. The lowest BCUT2D eigenvalue weighted by atomic mass is 9.67. The van der Waals surface area contributed by atoms with E-state index in [4.69, 9.17) is 5.73 Å². The van der Waals surface area contributed by atoms with Crippen LogP contribution in [0.2, 0.25) is 0 Å². The van der Waals surface area contributed by atoms with E-state index in [-0.39, 0.29) is 11.4 Å². The molecule has 2 unspecified atom stereocenters. The first kappa shape index (κ1) is 14.3. The fraction of sp³-hybridized carbons (Fsp3) is 0.368. The van der Waals surface area contributed by atoms with E-state index in [2.05, 4.69) is 24.3 Å². The van der Waals surface area contributed by atoms with Crippen LogP contribution in [0.5, 0.6) is 0 Å². The fourth-order valence-corrected chi connectivity index (χ4v) is 3.69. The van der Waals surface area contributed by atoms with Gasteiger partial charge in [0.2, 0.25) is 0 Å². The first-order valence-electron chi connectivity index (χ1n) is 7.76. The maximum atomic E-state index is 13.4. The maximum absolute atomic E-state index is 13.4. The average molecular weight is 283 g/mol. The highest BCUT2D eigenvalue weighted by atomic mass is 19.1. The zero-order valence-electron chi connectivity index (χ0n) is 12.3. The Morgan fingerprint density at radius 3 is 2.62 bits per heavy atom. The van der Waals surface area contributed by atoms with Crippen molar-refractivity contribution in [1.29, 1.82) is 0 Å². The van der Waals surface area contributed by atoms with Crippen LogP contribution in [0.1, 0.15) is 42.7 Å². The van der Waals surface area contributed by atoms with Gasteiger partial charge < -0.3 is 5.73 Å². The quantitative estimate of drug-likeness (QED) is 0.886. The molecule has 2 aromatic rings. The lowest BCUT2D eigenvalue weighted by Gasteiger charge is -2.42. The second-order valence-corrected chi connectivity index (χ2v) is 6.25. The van der Waals surface area contributed by atoms with E-state index < -0.39 is 0 Å². The van der Waals surface area contributed by atoms with Crippen molar-refractivity contribution in [3.8, 4) is 0 Å². The SMILES string of the molecule is NC1(Cc2cccc(F)c2)CCCCC1c1ccccc1. The van der Waals surface area contributed by atoms with Crippen LogP contribution < -0.4 is 5.73 Å². The molecule has 1 nitrogen and oxygen atoms in total. The molecular formula is C19H22FN. The van der Waals surface area contributed by atoms with Gasteiger partial charge in [0, 0.05) is 11.5 Å². The van der Waals surface area contributed by atoms with E-state index in [1.807, 2.05) is 12.1 Å². The van der Waals surface area contributed by atoms with E-state index in [1.54, 1.807) is 12.1 Å². The predicted molar refractivity (Wildman–Crippen MR) is 84.7 cm³/mol. The molecular weight excluding hydrogens is 261 g/mol. The highest BCUT2D eigenvalue weighted by molar-refractivity contribution is 5.28. The molecule has 1 aliphatic carbocycles. The van der Waals surface area contributed by atoms with Gasteiger partial charge in [-0.1, -0.05) is 55.3 Å². The molecule has 110 valence electrons. The second-order valence-electron chi connectivity index (χ2n) is 6.25. The largest absolute Gasteiger partial charge is 0.324 e. The minimum absolute atomic E-state index is 0.178. The molecule has 2 atom stereocenters. The van der Waals surface area contributed by atoms with Crippen LogP contribution in [-0.4, -0.2) is 5.54 Å². The van der Waals surface area contributed by atoms with E-state index >= 15 is 0 Å². The summed E-state index contributed by atoms with van der Waals surface area (Å²) in [5.74, 6) is 0.180. The van der Waals surface area contributed by atoms with Crippen molar-refractivity contribution in [2.24, 2.45) is 5.73 Å². The Kier molecular flexibility index (Phi) is 4.07. The normalized spacial score (nSPS) is 25.7. The number of rotatable bonds is 3. The van der Waals surface area contributed by atoms with E-state index in [0.717, 1.165) is 31.2 Å². The number of halogens is 1. The molecule has 0 amide bonds. The Labute approximate surface area is 126 Å². The summed E-state index contributed by atoms with van der Waals surface area (Å²) >= 11 is 0. The van der Waals surface area contributed by atoms with Crippen molar-refractivity contribution in [2.45, 2.75) is 43.6 Å². The second kappa shape index (κ2) is 5.98. The number of benzene rings is 2. The van der Waals surface area contributed by atoms with Crippen molar-refractivity contribution < 1.29 is 4.39 Å². The van der Waals surface area contributed by atoms with Gasteiger partial charge in [-0.05, 0) is 42.5 Å². The van der Waals surface area contributed by atoms with Gasteiger partial charge >= 0.3 is 0 Å². The molecule has 0 heterocycles. The van der Waals surface area contributed by atoms with Crippen LogP contribution in [-0.2, 0) is 6.42 Å². The van der Waals surface area contributed by atoms with Crippen LogP contribution in [0, 0.1) is 5.82 Å². The zero-order valence-corrected chi connectivity index (χ0v) is 12.3. The van der Waals surface area contributed by atoms with Gasteiger partial charge in [-0.2, -0.15) is 0 Å². The zero-order chi connectivity index (χ0) is 14.7. The van der Waals surface area contributed by atoms with Gasteiger partial charge in [0.05, 0.1) is 0 Å². The van der Waals surface area contributed by atoms with Gasteiger partial charge in [-0.15, -0.1) is 0 Å². The summed E-state index contributed by atoms with van der Waals surface area (Å²) in [6.07, 6.45) is 5.25. The smallest absolute Gasteiger partial charge is 0.123 e. The summed E-state index contributed by atoms with van der Waals surface area (Å²) in [5, 5.41) is 0. The predicted octanol–water partition coefficient (Wildman–Crippen LogP) is 4.42. The number of nitrogens with two attached hydrogens (primary N) is 1. The van der Waals surface area contributed by atoms with Crippen molar-refractivity contribution >= 4 is 0 Å². The molecule has 0 radical (unpaired) electrons. The number of hydrogen-bond donors (Lipinski definition) is 1. The molecule has 21 heavy (non-hydrogen) atoms. The van der Waals surface area contributed by atoms with Crippen LogP contribution >= 0.6 is 0 Å². The summed E-state index contributed by atoms with van der Waals surface area (Å²) in [6, 6.07) is 17.4. The molecule has 2 N–H and O–H groups in total. The van der Waals surface area contributed by atoms with Gasteiger partial charge in [0.25, 0.3) is 0 Å². The first-order valence-corrected chi connectivity index (χ1v) is 7.76. The van der Waals surface area contributed by atoms with Crippen LogP contribution in [0.3, 0.4) is 0 Å². The van der Waals surface area contributed by atoms with Crippen LogP contribution in [0.4, 0.5) is 4.39 Å². The maximum Gasteiger partial charge on any atom is 0.123 e. The Hall–Kier alpha value is -1.67. The van der Waals surface area contributed by atoms with Crippen molar-refractivity contribution in [3.63, 3.8) is 0 Å². The topological polar surface area (TPSA) is 26.0 Å². The molecule has 2 heteroatoms. The van der Waals surface area contributed by atoms with Gasteiger partial charge in [0.15, 0.2) is 0 Å². The van der Waals surface area contributed by atoms with Crippen molar-refractivity contribution in [2.75, 3.05) is 0 Å². The Balaban J connectivity index is 1.88. The molecule has 0 aromatic heterocycles. The van der Waals surface area contributed by atoms with E-state index in [0.29, 0.717) is 5.92 Å². The molecule has 1 saturated carbocycles. The third kappa shape index (κ3) is 3.16. The summed E-state index contributed by atoms with van der Waals surface area (Å²) < 4.78 is 13.4. The standard InChI is InChI=1S/C19H22FN/c20-17-10-6-7-15(13-17)14-19(21)12-5-4-11-18(19)16-8-2-1-3-9-16/h1-3,6-10,13,18H,4-5,11-12,14,21H2. The third-order valence-electron chi connectivity index (χ3n) is 4.70. The molecule has 2 aromatic carbocycles. The van der Waals surface area contributed by atoms with Crippen LogP contribution in [0.25, 0.3) is 0 Å². The lowest BCUT2D eigenvalue weighted by molar-refractivity contribution is 0.249. The molecule has 0 aliphatic heterocycles. The molecule has 1 aliphatic rings. The molecule has 3 rings (SSSR count). The highest BCUT2D eigenvalue weighted by Gasteiger charge is 2.38. The Bertz CT molecular complexity index is 596. The van der Waals surface area contributed by atoms with E-state index in [1.165, 1.54) is 18.1 Å². The first-order chi connectivity index (χ1) is 10.2. The van der Waals surface area contributed by atoms with Gasteiger partial charge in [-0.25, -0.2) is 4.39 Å². The fourth-order valence-electron chi connectivity index (χ4n) is 3.69.